The summed E-state index contributed by atoms with van der Waals surface area (Å²) >= 11 is 0. The standard InChI is InChI=1S/C40H43F2N5O9S/c1-4-21-18-40(21,38(50)46-57(52,53)25-13-14-25)45-36(48)29-17-24(19-47(29)37(49)32(20(2)3)44-39(51)55-23-8-5-6-9-23)54-34-26-15-12-22(41)16-28(26)43-33-31-27(42)10-7-11-30(31)56-35(33)34/h4,7,10-12,15-16,20-21,23-25,29,32H,1,5-6,8-9,13-14,17-19H2,2-3H3,(H,44,51)(H,45,48)(H,46,50)/t21-,24-,29+,32+,40-/m1/s1. The molecule has 4 fully saturated rings. The Morgan fingerprint density at radius 3 is 2.51 bits per heavy atom. The van der Waals surface area contributed by atoms with Gasteiger partial charge < -0.3 is 29.4 Å². The summed E-state index contributed by atoms with van der Waals surface area (Å²) in [6.45, 7) is 7.03. The third-order valence-corrected chi connectivity index (χ3v) is 13.3. The van der Waals surface area contributed by atoms with Gasteiger partial charge in [-0.1, -0.05) is 26.0 Å². The summed E-state index contributed by atoms with van der Waals surface area (Å²) in [5, 5.41) is 5.14. The second kappa shape index (κ2) is 14.6. The molecule has 8 rings (SSSR count). The lowest BCUT2D eigenvalue weighted by Crippen LogP contribution is -2.59. The molecule has 4 aliphatic rings. The first-order valence-electron chi connectivity index (χ1n) is 19.2. The number of amides is 4. The van der Waals surface area contributed by atoms with Crippen molar-refractivity contribution in [1.29, 1.82) is 0 Å². The quantitative estimate of drug-likeness (QED) is 0.162. The molecule has 0 spiro atoms. The van der Waals surface area contributed by atoms with Gasteiger partial charge in [-0.3, -0.25) is 19.1 Å². The largest absolute Gasteiger partial charge is 0.484 e. The van der Waals surface area contributed by atoms with Crippen molar-refractivity contribution in [2.45, 2.75) is 100 Å². The number of likely N-dealkylation sites (tertiary alicyclic amines) is 1. The van der Waals surface area contributed by atoms with Gasteiger partial charge in [-0.25, -0.2) is 27.0 Å². The molecule has 4 amide bonds. The number of carbonyl (C=O) groups is 4. The number of nitrogens with one attached hydrogen (secondary N) is 3. The van der Waals surface area contributed by atoms with Crippen molar-refractivity contribution in [2.75, 3.05) is 6.54 Å². The first-order valence-corrected chi connectivity index (χ1v) is 20.8. The van der Waals surface area contributed by atoms with Crippen LogP contribution in [0.3, 0.4) is 0 Å². The van der Waals surface area contributed by atoms with Gasteiger partial charge >= 0.3 is 6.09 Å². The lowest BCUT2D eigenvalue weighted by Gasteiger charge is -2.31. The van der Waals surface area contributed by atoms with Crippen molar-refractivity contribution in [3.8, 4) is 5.75 Å². The smallest absolute Gasteiger partial charge is 0.408 e. The molecule has 2 aromatic heterocycles. The molecule has 14 nitrogen and oxygen atoms in total. The number of alkyl carbamates (subject to hydrolysis) is 1. The molecule has 4 aromatic rings. The summed E-state index contributed by atoms with van der Waals surface area (Å²) < 4.78 is 75.6. The predicted molar refractivity (Wildman–Crippen MR) is 203 cm³/mol. The average molecular weight is 808 g/mol. The highest BCUT2D eigenvalue weighted by Gasteiger charge is 2.62. The number of ether oxygens (including phenoxy) is 2. The summed E-state index contributed by atoms with van der Waals surface area (Å²) in [5.74, 6) is -4.46. The van der Waals surface area contributed by atoms with E-state index >= 15 is 4.39 Å². The van der Waals surface area contributed by atoms with Crippen molar-refractivity contribution in [1.82, 2.24) is 25.2 Å². The van der Waals surface area contributed by atoms with Gasteiger partial charge in [0.15, 0.2) is 11.3 Å². The molecule has 17 heteroatoms. The molecular formula is C40H43F2N5O9S. The van der Waals surface area contributed by atoms with Crippen molar-refractivity contribution >= 4 is 66.8 Å². The van der Waals surface area contributed by atoms with E-state index in [4.69, 9.17) is 13.9 Å². The van der Waals surface area contributed by atoms with Crippen molar-refractivity contribution in [2.24, 2.45) is 11.8 Å². The Kier molecular flexibility index (Phi) is 9.85. The fourth-order valence-corrected chi connectivity index (χ4v) is 9.44. The first kappa shape index (κ1) is 38.5. The van der Waals surface area contributed by atoms with Gasteiger partial charge in [-0.2, -0.15) is 0 Å². The minimum Gasteiger partial charge on any atom is -0.484 e. The number of halogens is 2. The number of furan rings is 1. The fraction of sp³-hybridized carbons (Fsp3) is 0.475. The van der Waals surface area contributed by atoms with E-state index in [-0.39, 0.29) is 58.8 Å². The van der Waals surface area contributed by atoms with Crippen molar-refractivity contribution < 1.29 is 50.3 Å². The fourth-order valence-electron chi connectivity index (χ4n) is 8.07. The summed E-state index contributed by atoms with van der Waals surface area (Å²) in [5.41, 5.74) is -1.17. The molecule has 3 aliphatic carbocycles. The molecular weight excluding hydrogens is 765 g/mol. The van der Waals surface area contributed by atoms with Gasteiger partial charge in [0.05, 0.1) is 22.7 Å². The van der Waals surface area contributed by atoms with Crippen LogP contribution in [-0.2, 0) is 29.1 Å². The Morgan fingerprint density at radius 2 is 1.82 bits per heavy atom. The zero-order valence-corrected chi connectivity index (χ0v) is 32.2. The highest BCUT2D eigenvalue weighted by Crippen LogP contribution is 2.46. The SMILES string of the molecule is C=C[C@@H]1C[C@]1(NC(=O)[C@@H]1C[C@@H](Oc2c3ccc(F)cc3nc3c2oc2cccc(F)c23)CN1C(=O)[C@@H](NC(=O)OC1CCCC1)C(C)C)C(=O)NS(=O)(=O)C1CC1. The van der Waals surface area contributed by atoms with Gasteiger partial charge in [-0.15, -0.1) is 6.58 Å². The predicted octanol–water partition coefficient (Wildman–Crippen LogP) is 5.12. The molecule has 3 N–H and O–H groups in total. The molecule has 0 radical (unpaired) electrons. The van der Waals surface area contributed by atoms with Gasteiger partial charge in [0.1, 0.15) is 52.6 Å². The molecule has 1 saturated heterocycles. The summed E-state index contributed by atoms with van der Waals surface area (Å²) in [6.07, 6.45) is 3.55. The maximum absolute atomic E-state index is 15.2. The molecule has 302 valence electrons. The van der Waals surface area contributed by atoms with Crippen LogP contribution < -0.4 is 20.1 Å². The first-order chi connectivity index (χ1) is 27.2. The van der Waals surface area contributed by atoms with Crippen LogP contribution in [0.4, 0.5) is 13.6 Å². The zero-order valence-electron chi connectivity index (χ0n) is 31.4. The van der Waals surface area contributed by atoms with Crippen LogP contribution in [0.1, 0.15) is 65.2 Å². The van der Waals surface area contributed by atoms with E-state index in [1.807, 2.05) is 0 Å². The molecule has 0 bridgehead atoms. The summed E-state index contributed by atoms with van der Waals surface area (Å²) in [7, 11) is -3.96. The molecule has 3 saturated carbocycles. The summed E-state index contributed by atoms with van der Waals surface area (Å²) in [6, 6.07) is 5.67. The second-order valence-corrected chi connectivity index (χ2v) is 17.8. The Balaban J connectivity index is 1.13. The second-order valence-electron chi connectivity index (χ2n) is 15.8. The monoisotopic (exact) mass is 807 g/mol. The number of fused-ring (bicyclic) bond motifs is 4. The Morgan fingerprint density at radius 1 is 1.07 bits per heavy atom. The van der Waals surface area contributed by atoms with Crippen LogP contribution in [0, 0.1) is 23.5 Å². The van der Waals surface area contributed by atoms with Gasteiger partial charge in [0.25, 0.3) is 5.91 Å². The van der Waals surface area contributed by atoms with Crippen molar-refractivity contribution in [3.63, 3.8) is 0 Å². The van der Waals surface area contributed by atoms with Crippen LogP contribution in [0.25, 0.3) is 33.0 Å². The zero-order chi connectivity index (χ0) is 40.4. The van der Waals surface area contributed by atoms with E-state index in [1.165, 1.54) is 41.3 Å². The van der Waals surface area contributed by atoms with Crippen LogP contribution in [0.5, 0.6) is 5.75 Å². The van der Waals surface area contributed by atoms with Crippen LogP contribution in [0.15, 0.2) is 53.5 Å². The number of benzene rings is 2. The van der Waals surface area contributed by atoms with E-state index in [0.717, 1.165) is 12.8 Å². The Hall–Kier alpha value is -5.32. The summed E-state index contributed by atoms with van der Waals surface area (Å²) in [4.78, 5) is 61.3. The van der Waals surface area contributed by atoms with Crippen LogP contribution in [-0.4, -0.2) is 83.7 Å². The minimum atomic E-state index is -3.96. The van der Waals surface area contributed by atoms with E-state index in [2.05, 4.69) is 26.9 Å². The number of sulfonamides is 1. The molecule has 0 unspecified atom stereocenters. The topological polar surface area (TPSA) is 186 Å². The lowest BCUT2D eigenvalue weighted by molar-refractivity contribution is -0.141. The third-order valence-electron chi connectivity index (χ3n) is 11.4. The lowest BCUT2D eigenvalue weighted by atomic mass is 10.0. The molecule has 2 aromatic carbocycles. The Labute approximate surface area is 326 Å². The number of rotatable bonds is 12. The highest BCUT2D eigenvalue weighted by molar-refractivity contribution is 7.91. The number of hydrogen-bond acceptors (Lipinski definition) is 10. The average Bonchev–Trinajstić information content (AvgIpc) is 3.98. The van der Waals surface area contributed by atoms with Gasteiger partial charge in [0, 0.05) is 23.8 Å². The maximum Gasteiger partial charge on any atom is 0.408 e. The van der Waals surface area contributed by atoms with E-state index in [9.17, 15) is 32.0 Å². The molecule has 57 heavy (non-hydrogen) atoms. The number of pyridine rings is 1. The molecule has 1 aliphatic heterocycles. The molecule has 5 atom stereocenters. The number of carbonyl (C=O) groups excluding carboxylic acids is 4. The number of hydrogen-bond donors (Lipinski definition) is 3. The minimum absolute atomic E-state index is 0.0628. The van der Waals surface area contributed by atoms with Crippen LogP contribution >= 0.6 is 0 Å². The normalized spacial score (nSPS) is 24.2. The Bertz CT molecular complexity index is 2430. The highest BCUT2D eigenvalue weighted by atomic mass is 32.2. The number of aromatic nitrogens is 1. The van der Waals surface area contributed by atoms with E-state index in [0.29, 0.717) is 31.1 Å². The van der Waals surface area contributed by atoms with E-state index in [1.54, 1.807) is 19.9 Å². The van der Waals surface area contributed by atoms with E-state index < -0.39 is 86.3 Å². The third kappa shape index (κ3) is 7.25. The number of nitrogens with zero attached hydrogens (tertiary/aromatic N) is 2. The van der Waals surface area contributed by atoms with Gasteiger partial charge in [0.2, 0.25) is 21.8 Å². The maximum atomic E-state index is 15.2. The van der Waals surface area contributed by atoms with Crippen LogP contribution in [0.2, 0.25) is 0 Å². The van der Waals surface area contributed by atoms with Gasteiger partial charge in [-0.05, 0) is 75.1 Å². The molecule has 3 heterocycles. The van der Waals surface area contributed by atoms with Crippen molar-refractivity contribution in [3.05, 3.63) is 60.7 Å².